The first-order valence-electron chi connectivity index (χ1n) is 12.1. The van der Waals surface area contributed by atoms with Crippen molar-refractivity contribution in [1.29, 1.82) is 0 Å². The first-order chi connectivity index (χ1) is 18.2. The summed E-state index contributed by atoms with van der Waals surface area (Å²) in [5, 5.41) is 25.6. The molecule has 0 aromatic carbocycles. The van der Waals surface area contributed by atoms with Gasteiger partial charge in [0, 0.05) is 42.8 Å². The van der Waals surface area contributed by atoms with Crippen molar-refractivity contribution in [1.82, 2.24) is 25.1 Å². The molecule has 202 valence electrons. The molecule has 1 unspecified atom stereocenters. The Balaban J connectivity index is 1.32. The minimum Gasteiger partial charge on any atom is -0.378 e. The molecule has 0 aliphatic carbocycles. The van der Waals surface area contributed by atoms with Crippen LogP contribution in [0.3, 0.4) is 0 Å². The number of rotatable bonds is 10. The fourth-order valence-electron chi connectivity index (χ4n) is 4.45. The molecule has 1 spiro atoms. The molecule has 0 radical (unpaired) electrons. The second-order valence-electron chi connectivity index (χ2n) is 8.94. The number of hydrogen-bond donors (Lipinski definition) is 4. The summed E-state index contributed by atoms with van der Waals surface area (Å²) < 4.78 is 22.9. The molecule has 0 bridgehead atoms. The van der Waals surface area contributed by atoms with E-state index in [4.69, 9.17) is 19.6 Å². The first kappa shape index (κ1) is 26.8. The minimum absolute atomic E-state index is 0.231. The maximum atomic E-state index is 11.0. The van der Waals surface area contributed by atoms with Crippen molar-refractivity contribution in [3.8, 4) is 10.6 Å². The molecule has 5 heterocycles. The van der Waals surface area contributed by atoms with Crippen LogP contribution in [-0.4, -0.2) is 70.7 Å². The molecule has 3 aromatic heterocycles. The smallest absolute Gasteiger partial charge is 0.378 e. The number of phosphoric acid groups is 1. The van der Waals surface area contributed by atoms with Crippen LogP contribution in [-0.2, 0) is 20.6 Å². The predicted octanol–water partition coefficient (Wildman–Crippen LogP) is 2.32. The van der Waals surface area contributed by atoms with Gasteiger partial charge in [0.25, 0.3) is 0 Å². The summed E-state index contributed by atoms with van der Waals surface area (Å²) in [5.41, 5.74) is 3.12. The van der Waals surface area contributed by atoms with Crippen molar-refractivity contribution < 1.29 is 33.3 Å². The van der Waals surface area contributed by atoms with E-state index < -0.39 is 20.8 Å². The fraction of sp³-hybridized carbons (Fsp3) is 0.391. The highest BCUT2D eigenvalue weighted by molar-refractivity contribution is 7.46. The Morgan fingerprint density at radius 3 is 2.84 bits per heavy atom. The van der Waals surface area contributed by atoms with Gasteiger partial charge in [-0.3, -0.25) is 9.51 Å². The Labute approximate surface area is 222 Å². The van der Waals surface area contributed by atoms with Gasteiger partial charge in [0.2, 0.25) is 0 Å². The van der Waals surface area contributed by atoms with Crippen LogP contribution in [0.25, 0.3) is 10.6 Å². The summed E-state index contributed by atoms with van der Waals surface area (Å²) in [6.45, 7) is 3.88. The zero-order valence-electron chi connectivity index (χ0n) is 20.6. The summed E-state index contributed by atoms with van der Waals surface area (Å²) in [6.07, 6.45) is 7.73. The molecule has 1 fully saturated rings. The third kappa shape index (κ3) is 6.25. The van der Waals surface area contributed by atoms with E-state index in [-0.39, 0.29) is 6.10 Å². The van der Waals surface area contributed by atoms with Gasteiger partial charge in [-0.2, -0.15) is 9.69 Å². The number of phosphoric ester groups is 1. The number of quaternary nitrogens is 1. The lowest BCUT2D eigenvalue weighted by Crippen LogP contribution is -2.45. The Morgan fingerprint density at radius 1 is 1.32 bits per heavy atom. The highest BCUT2D eigenvalue weighted by atomic mass is 32.1. The second-order valence-corrected chi connectivity index (χ2v) is 11.0. The number of thiazole rings is 1. The van der Waals surface area contributed by atoms with Crippen molar-refractivity contribution in [2.75, 3.05) is 19.7 Å². The molecular weight excluding hydrogens is 533 g/mol. The summed E-state index contributed by atoms with van der Waals surface area (Å²) in [4.78, 5) is 26.7. The van der Waals surface area contributed by atoms with E-state index in [9.17, 15) is 9.67 Å². The number of nitrogens with zero attached hydrogens (tertiary/aromatic N) is 6. The number of nitrogens with one attached hydrogen (secondary N) is 1. The standard InChI is InChI=1S/C23H28N7O6PS/c1-2-35-17-6-9-30(10-7-17)13-19(21(28-30)18-5-3-4-8-24-18)26-22(31)20-14-38-23(27-20)16-11-25-29(12-16)15-36-37(32,33)34/h3-5,8,11-14,17,22,26,31H,2,6-7,9-10,15H2,1H3,(H-,32,33,34)/p+1. The summed E-state index contributed by atoms with van der Waals surface area (Å²) >= 11 is 1.31. The molecule has 1 atom stereocenters. The van der Waals surface area contributed by atoms with E-state index >= 15 is 0 Å². The number of aliphatic hydroxyl groups is 1. The van der Waals surface area contributed by atoms with Crippen LogP contribution in [0.4, 0.5) is 0 Å². The van der Waals surface area contributed by atoms with Crippen molar-refractivity contribution in [3.63, 3.8) is 0 Å². The molecule has 15 heteroatoms. The Bertz CT molecular complexity index is 1360. The number of allylic oxidation sites excluding steroid dienone is 1. The van der Waals surface area contributed by atoms with Crippen LogP contribution in [0, 0.1) is 0 Å². The third-order valence-electron chi connectivity index (χ3n) is 6.24. The van der Waals surface area contributed by atoms with Crippen molar-refractivity contribution >= 4 is 24.9 Å². The van der Waals surface area contributed by atoms with E-state index in [2.05, 4.69) is 24.9 Å². The molecule has 2 aliphatic heterocycles. The van der Waals surface area contributed by atoms with E-state index in [1.54, 1.807) is 17.8 Å². The fourth-order valence-corrected chi connectivity index (χ4v) is 5.53. The summed E-state index contributed by atoms with van der Waals surface area (Å²) in [7, 11) is -4.61. The van der Waals surface area contributed by atoms with Crippen LogP contribution >= 0.6 is 19.2 Å². The van der Waals surface area contributed by atoms with Crippen LogP contribution in [0.2, 0.25) is 0 Å². The van der Waals surface area contributed by atoms with Crippen LogP contribution in [0.15, 0.2) is 59.2 Å². The lowest BCUT2D eigenvalue weighted by atomic mass is 10.1. The van der Waals surface area contributed by atoms with E-state index in [0.29, 0.717) is 44.6 Å². The number of hydrogen-bond acceptors (Lipinski definition) is 10. The quantitative estimate of drug-likeness (QED) is 0.164. The van der Waals surface area contributed by atoms with Gasteiger partial charge in [-0.15, -0.1) is 11.3 Å². The topological polar surface area (TPSA) is 164 Å². The molecule has 2 aliphatic rings. The van der Waals surface area contributed by atoms with Gasteiger partial charge in [-0.1, -0.05) is 11.2 Å². The van der Waals surface area contributed by atoms with Crippen molar-refractivity contribution in [3.05, 3.63) is 65.5 Å². The van der Waals surface area contributed by atoms with Gasteiger partial charge in [-0.25, -0.2) is 14.2 Å². The summed E-state index contributed by atoms with van der Waals surface area (Å²) in [6, 6.07) is 5.64. The third-order valence-corrected chi connectivity index (χ3v) is 7.60. The first-order valence-corrected chi connectivity index (χ1v) is 14.5. The van der Waals surface area contributed by atoms with Gasteiger partial charge < -0.3 is 24.9 Å². The SMILES string of the molecule is CCOC1CC[N+]2(C=C(NC(O)c3csc(-c4cnn(COP(=O)(O)O)c4)n3)C(c3ccccn3)=N2)CC1. The normalized spacial score (nSPS) is 22.4. The average Bonchev–Trinajstić information content (AvgIpc) is 3.64. The van der Waals surface area contributed by atoms with E-state index in [0.717, 1.165) is 25.9 Å². The number of ether oxygens (including phenoxy) is 1. The van der Waals surface area contributed by atoms with Crippen LogP contribution < -0.4 is 5.32 Å². The molecule has 13 nitrogen and oxygen atoms in total. The molecule has 5 rings (SSSR count). The van der Waals surface area contributed by atoms with Gasteiger partial charge in [0.1, 0.15) is 35.7 Å². The van der Waals surface area contributed by atoms with Crippen LogP contribution in [0.5, 0.6) is 0 Å². The van der Waals surface area contributed by atoms with Crippen LogP contribution in [0.1, 0.15) is 37.4 Å². The molecule has 1 saturated heterocycles. The lowest BCUT2D eigenvalue weighted by Gasteiger charge is -2.33. The number of pyridine rings is 1. The van der Waals surface area contributed by atoms with Gasteiger partial charge in [0.05, 0.1) is 18.0 Å². The second kappa shape index (κ2) is 11.1. The molecular formula is C23H29N7O6PS+. The largest absolute Gasteiger partial charge is 0.471 e. The molecule has 3 aromatic rings. The maximum absolute atomic E-state index is 11.0. The number of aromatic nitrogens is 4. The monoisotopic (exact) mass is 562 g/mol. The Hall–Kier alpha value is -2.81. The van der Waals surface area contributed by atoms with E-state index in [1.807, 2.05) is 31.3 Å². The Morgan fingerprint density at radius 2 is 2.13 bits per heavy atom. The molecule has 0 saturated carbocycles. The van der Waals surface area contributed by atoms with E-state index in [1.165, 1.54) is 22.2 Å². The lowest BCUT2D eigenvalue weighted by molar-refractivity contribution is -0.890. The van der Waals surface area contributed by atoms with Crippen molar-refractivity contribution in [2.24, 2.45) is 5.10 Å². The number of aliphatic hydroxyl groups excluding tert-OH is 1. The Kier molecular flexibility index (Phi) is 7.84. The number of piperidine rings is 1. The summed E-state index contributed by atoms with van der Waals surface area (Å²) in [5.74, 6) is 0. The molecule has 38 heavy (non-hydrogen) atoms. The zero-order chi connectivity index (χ0) is 26.8. The molecule has 4 N–H and O–H groups in total. The highest BCUT2D eigenvalue weighted by Crippen LogP contribution is 2.36. The maximum Gasteiger partial charge on any atom is 0.471 e. The minimum atomic E-state index is -4.61. The highest BCUT2D eigenvalue weighted by Gasteiger charge is 2.40. The average molecular weight is 563 g/mol. The van der Waals surface area contributed by atoms with Gasteiger partial charge in [0.15, 0.2) is 18.7 Å². The molecule has 0 amide bonds. The predicted molar refractivity (Wildman–Crippen MR) is 138 cm³/mol. The van der Waals surface area contributed by atoms with Crippen molar-refractivity contribution in [2.45, 2.75) is 38.8 Å². The zero-order valence-corrected chi connectivity index (χ0v) is 22.3. The van der Waals surface area contributed by atoms with Gasteiger partial charge in [-0.05, 0) is 19.1 Å². The van der Waals surface area contributed by atoms with Gasteiger partial charge >= 0.3 is 7.82 Å².